The maximum absolute atomic E-state index is 10.6. The van der Waals surface area contributed by atoms with Gasteiger partial charge >= 0.3 is 0 Å². The van der Waals surface area contributed by atoms with Crippen LogP contribution in [0.2, 0.25) is 0 Å². The molecule has 1 saturated heterocycles. The summed E-state index contributed by atoms with van der Waals surface area (Å²) in [7, 11) is 1.50. The van der Waals surface area contributed by atoms with Crippen molar-refractivity contribution in [2.24, 2.45) is 5.73 Å². The monoisotopic (exact) mass is 322 g/mol. The Bertz CT molecular complexity index is 381. The summed E-state index contributed by atoms with van der Waals surface area (Å²) in [6.07, 6.45) is 8.24. The number of carbonyl (C=O) groups is 1. The fraction of sp³-hybridized carbons (Fsp3) is 0.611. The first kappa shape index (κ1) is 19.0. The van der Waals surface area contributed by atoms with Crippen LogP contribution in [-0.2, 0) is 4.79 Å². The normalized spacial score (nSPS) is 18.7. The van der Waals surface area contributed by atoms with Crippen LogP contribution in [0.15, 0.2) is 30.3 Å². The lowest BCUT2D eigenvalue weighted by Gasteiger charge is -2.21. The van der Waals surface area contributed by atoms with Crippen molar-refractivity contribution in [2.75, 3.05) is 25.1 Å². The van der Waals surface area contributed by atoms with Crippen molar-refractivity contribution in [2.45, 2.75) is 44.4 Å². The van der Waals surface area contributed by atoms with Crippen molar-refractivity contribution < 1.29 is 4.79 Å². The number of hydrogen-bond acceptors (Lipinski definition) is 3. The minimum atomic E-state index is 0.188. The number of amides is 1. The lowest BCUT2D eigenvalue weighted by atomic mass is 9.84. The van der Waals surface area contributed by atoms with Crippen LogP contribution in [0.4, 0.5) is 0 Å². The molecule has 0 aromatic heterocycles. The number of nitrogens with two attached hydrogens (primary N) is 1. The summed E-state index contributed by atoms with van der Waals surface area (Å²) in [5.41, 5.74) is 6.05. The molecule has 1 amide bonds. The Morgan fingerprint density at radius 1 is 1.05 bits per heavy atom. The van der Waals surface area contributed by atoms with Crippen LogP contribution < -0.4 is 11.1 Å². The van der Waals surface area contributed by atoms with Crippen LogP contribution in [0, 0.1) is 0 Å². The highest BCUT2D eigenvalue weighted by Crippen LogP contribution is 2.32. The average Bonchev–Trinajstić information content (AvgIpc) is 2.86. The number of thioether (sulfide) groups is 1. The van der Waals surface area contributed by atoms with Gasteiger partial charge in [-0.15, -0.1) is 0 Å². The van der Waals surface area contributed by atoms with Gasteiger partial charge in [0.2, 0.25) is 5.91 Å². The predicted molar refractivity (Wildman–Crippen MR) is 97.3 cm³/mol. The van der Waals surface area contributed by atoms with Gasteiger partial charge in [-0.25, -0.2) is 0 Å². The fourth-order valence-corrected chi connectivity index (χ4v) is 3.56. The first-order valence-electron chi connectivity index (χ1n) is 8.33. The summed E-state index contributed by atoms with van der Waals surface area (Å²) < 4.78 is 0. The molecule has 0 unspecified atom stereocenters. The molecule has 1 aromatic rings. The van der Waals surface area contributed by atoms with E-state index >= 15 is 0 Å². The van der Waals surface area contributed by atoms with Gasteiger partial charge in [0, 0.05) is 6.54 Å². The SMILES string of the molecule is CN.O=C1CSCCCN1.c1ccc(C2CCCCC2)cc1. The number of carbonyl (C=O) groups excluding carboxylic acids is 1. The van der Waals surface area contributed by atoms with E-state index in [0.717, 1.165) is 24.6 Å². The molecule has 4 heteroatoms. The van der Waals surface area contributed by atoms with E-state index in [1.165, 1.54) is 39.2 Å². The van der Waals surface area contributed by atoms with E-state index in [2.05, 4.69) is 41.4 Å². The van der Waals surface area contributed by atoms with Crippen molar-refractivity contribution in [3.63, 3.8) is 0 Å². The van der Waals surface area contributed by atoms with Gasteiger partial charge in [-0.05, 0) is 43.5 Å². The highest BCUT2D eigenvalue weighted by molar-refractivity contribution is 7.99. The lowest BCUT2D eigenvalue weighted by molar-refractivity contribution is -0.118. The zero-order valence-electron chi connectivity index (χ0n) is 13.7. The molecule has 1 aliphatic heterocycles. The number of benzene rings is 1. The Kier molecular flexibility index (Phi) is 10.9. The van der Waals surface area contributed by atoms with Crippen LogP contribution in [0.3, 0.4) is 0 Å². The Hall–Kier alpha value is -1.00. The maximum atomic E-state index is 10.6. The molecule has 2 fully saturated rings. The molecule has 1 saturated carbocycles. The molecule has 1 heterocycles. The van der Waals surface area contributed by atoms with Gasteiger partial charge in [-0.3, -0.25) is 4.79 Å². The number of rotatable bonds is 1. The van der Waals surface area contributed by atoms with Crippen LogP contribution in [0.1, 0.15) is 50.0 Å². The molecule has 3 N–H and O–H groups in total. The molecule has 1 aliphatic carbocycles. The van der Waals surface area contributed by atoms with E-state index in [4.69, 9.17) is 0 Å². The molecule has 22 heavy (non-hydrogen) atoms. The third kappa shape index (κ3) is 7.85. The summed E-state index contributed by atoms with van der Waals surface area (Å²) in [5.74, 6) is 2.83. The second-order valence-corrected chi connectivity index (χ2v) is 6.61. The van der Waals surface area contributed by atoms with Crippen LogP contribution >= 0.6 is 11.8 Å². The van der Waals surface area contributed by atoms with Crippen molar-refractivity contribution >= 4 is 17.7 Å². The molecule has 0 atom stereocenters. The summed E-state index contributed by atoms with van der Waals surface area (Å²) in [6.45, 7) is 0.867. The summed E-state index contributed by atoms with van der Waals surface area (Å²) in [5, 5.41) is 2.78. The van der Waals surface area contributed by atoms with E-state index in [0.29, 0.717) is 5.75 Å². The van der Waals surface area contributed by atoms with E-state index in [1.54, 1.807) is 17.3 Å². The second-order valence-electron chi connectivity index (χ2n) is 5.50. The van der Waals surface area contributed by atoms with Crippen molar-refractivity contribution in [3.05, 3.63) is 35.9 Å². The van der Waals surface area contributed by atoms with Crippen molar-refractivity contribution in [3.8, 4) is 0 Å². The fourth-order valence-electron chi connectivity index (χ4n) is 2.78. The van der Waals surface area contributed by atoms with E-state index in [-0.39, 0.29) is 5.91 Å². The first-order valence-corrected chi connectivity index (χ1v) is 9.49. The Labute approximate surface area is 139 Å². The van der Waals surface area contributed by atoms with E-state index in [9.17, 15) is 4.79 Å². The van der Waals surface area contributed by atoms with E-state index in [1.807, 2.05) is 0 Å². The summed E-state index contributed by atoms with van der Waals surface area (Å²) in [6, 6.07) is 11.0. The molecule has 1 aromatic carbocycles. The Balaban J connectivity index is 0.000000211. The molecule has 2 aliphatic rings. The molecule has 124 valence electrons. The van der Waals surface area contributed by atoms with Gasteiger partial charge in [0.15, 0.2) is 0 Å². The zero-order chi connectivity index (χ0) is 16.0. The molecule has 0 spiro atoms. The zero-order valence-corrected chi connectivity index (χ0v) is 14.5. The van der Waals surface area contributed by atoms with Gasteiger partial charge in [0.05, 0.1) is 5.75 Å². The molecule has 3 rings (SSSR count). The van der Waals surface area contributed by atoms with Gasteiger partial charge in [-0.1, -0.05) is 49.6 Å². The molecular weight excluding hydrogens is 292 g/mol. The summed E-state index contributed by atoms with van der Waals surface area (Å²) in [4.78, 5) is 10.6. The van der Waals surface area contributed by atoms with E-state index < -0.39 is 0 Å². The van der Waals surface area contributed by atoms with Gasteiger partial charge < -0.3 is 11.1 Å². The first-order chi connectivity index (χ1) is 10.9. The summed E-state index contributed by atoms with van der Waals surface area (Å²) >= 11 is 1.71. The quantitative estimate of drug-likeness (QED) is 0.831. The number of hydrogen-bond donors (Lipinski definition) is 2. The predicted octanol–water partition coefficient (Wildman–Crippen LogP) is 3.55. The molecule has 0 radical (unpaired) electrons. The van der Waals surface area contributed by atoms with Gasteiger partial charge in [0.25, 0.3) is 0 Å². The number of nitrogens with one attached hydrogen (secondary N) is 1. The van der Waals surface area contributed by atoms with Crippen LogP contribution in [0.5, 0.6) is 0 Å². The lowest BCUT2D eigenvalue weighted by Crippen LogP contribution is -2.23. The van der Waals surface area contributed by atoms with Gasteiger partial charge in [-0.2, -0.15) is 11.8 Å². The smallest absolute Gasteiger partial charge is 0.229 e. The average molecular weight is 323 g/mol. The molecular formula is C18H30N2OS. The third-order valence-corrected chi connectivity index (χ3v) is 4.94. The standard InChI is InChI=1S/C12H16.C5H9NOS.CH5N/c1-3-7-11(8-4-1)12-9-5-2-6-10-12;7-5-4-8-3-1-2-6-5;1-2/h1,3-4,7-8,12H,2,5-6,9-10H2;1-4H2,(H,6,7);2H2,1H3. The topological polar surface area (TPSA) is 55.1 Å². The third-order valence-electron chi connectivity index (χ3n) is 3.90. The van der Waals surface area contributed by atoms with Gasteiger partial charge in [0.1, 0.15) is 0 Å². The van der Waals surface area contributed by atoms with Crippen molar-refractivity contribution in [1.29, 1.82) is 0 Å². The largest absolute Gasteiger partial charge is 0.355 e. The minimum Gasteiger partial charge on any atom is -0.355 e. The molecule has 0 bridgehead atoms. The van der Waals surface area contributed by atoms with Crippen LogP contribution in [0.25, 0.3) is 0 Å². The second kappa shape index (κ2) is 12.5. The van der Waals surface area contributed by atoms with Crippen LogP contribution in [-0.4, -0.2) is 31.0 Å². The highest BCUT2D eigenvalue weighted by Gasteiger charge is 2.14. The Morgan fingerprint density at radius 3 is 2.41 bits per heavy atom. The minimum absolute atomic E-state index is 0.188. The molecule has 3 nitrogen and oxygen atoms in total. The van der Waals surface area contributed by atoms with Crippen molar-refractivity contribution in [1.82, 2.24) is 5.32 Å². The maximum Gasteiger partial charge on any atom is 0.229 e. The highest BCUT2D eigenvalue weighted by atomic mass is 32.2. The Morgan fingerprint density at radius 2 is 1.73 bits per heavy atom.